The topological polar surface area (TPSA) is 138 Å². The fraction of sp³-hybridized carbons (Fsp3) is 0.321. The summed E-state index contributed by atoms with van der Waals surface area (Å²) in [7, 11) is 0. The average Bonchev–Trinajstić information content (AvgIpc) is 3.26. The monoisotopic (exact) mass is 579 g/mol. The number of carbonyl (C=O) groups excluding carboxylic acids is 2. The molecule has 0 spiro atoms. The lowest BCUT2D eigenvalue weighted by atomic mass is 9.78. The van der Waals surface area contributed by atoms with Gasteiger partial charge in [0.25, 0.3) is 11.8 Å². The number of hydrogen-bond acceptors (Lipinski definition) is 9. The molecule has 2 amide bonds. The molecule has 208 valence electrons. The largest absolute Gasteiger partial charge is 0.509 e. The van der Waals surface area contributed by atoms with Crippen molar-refractivity contribution in [2.45, 2.75) is 43.0 Å². The van der Waals surface area contributed by atoms with E-state index in [1.165, 1.54) is 16.7 Å². The van der Waals surface area contributed by atoms with Crippen LogP contribution in [0.4, 0.5) is 23.1 Å². The molecule has 0 unspecified atom stereocenters. The molecule has 1 aromatic heterocycles. The van der Waals surface area contributed by atoms with Crippen LogP contribution in [0.25, 0.3) is 0 Å². The molecule has 0 atom stereocenters. The van der Waals surface area contributed by atoms with Crippen molar-refractivity contribution in [2.75, 3.05) is 40.5 Å². The maximum Gasteiger partial charge on any atom is 0.267 e. The quantitative estimate of drug-likeness (QED) is 0.327. The highest BCUT2D eigenvalue weighted by atomic mass is 35.5. The van der Waals surface area contributed by atoms with Gasteiger partial charge in [-0.2, -0.15) is 4.98 Å². The van der Waals surface area contributed by atoms with Gasteiger partial charge >= 0.3 is 0 Å². The molecule has 3 heterocycles. The van der Waals surface area contributed by atoms with E-state index < -0.39 is 11.8 Å². The molecule has 2 aliphatic rings. The number of amides is 2. The third kappa shape index (κ3) is 5.57. The molecular weight excluding hydrogens is 550 g/mol. The number of nitrogens with two attached hydrogens (primary N) is 1. The predicted molar refractivity (Wildman–Crippen MR) is 157 cm³/mol. The van der Waals surface area contributed by atoms with Gasteiger partial charge in [-0.1, -0.05) is 67.9 Å². The molecule has 0 aliphatic carbocycles. The summed E-state index contributed by atoms with van der Waals surface area (Å²) in [6.07, 6.45) is 3.25. The fourth-order valence-electron chi connectivity index (χ4n) is 4.70. The Bertz CT molecular complexity index is 1480. The highest BCUT2D eigenvalue weighted by molar-refractivity contribution is 7.99. The Hall–Kier alpha value is -3.83. The van der Waals surface area contributed by atoms with Gasteiger partial charge in [-0.25, -0.2) is 0 Å². The minimum Gasteiger partial charge on any atom is -0.509 e. The van der Waals surface area contributed by atoms with Crippen LogP contribution in [0.2, 0.25) is 5.02 Å². The Morgan fingerprint density at radius 3 is 2.55 bits per heavy atom. The van der Waals surface area contributed by atoms with Crippen LogP contribution < -0.4 is 20.9 Å². The highest BCUT2D eigenvalue weighted by Crippen LogP contribution is 2.39. The van der Waals surface area contributed by atoms with Crippen molar-refractivity contribution < 1.29 is 14.7 Å². The summed E-state index contributed by atoms with van der Waals surface area (Å²) in [5.41, 5.74) is 7.11. The molecule has 0 bridgehead atoms. The number of rotatable bonds is 7. The third-order valence-corrected chi connectivity index (χ3v) is 9.11. The van der Waals surface area contributed by atoms with Gasteiger partial charge < -0.3 is 26.0 Å². The normalized spacial score (nSPS) is 16.9. The minimum absolute atomic E-state index is 0.0918. The van der Waals surface area contributed by atoms with Crippen molar-refractivity contribution >= 4 is 58.3 Å². The van der Waals surface area contributed by atoms with Crippen LogP contribution in [0.5, 0.6) is 0 Å². The summed E-state index contributed by atoms with van der Waals surface area (Å²) < 4.78 is 0. The van der Waals surface area contributed by atoms with Crippen molar-refractivity contribution in [3.05, 3.63) is 64.9 Å². The molecule has 2 aliphatic heterocycles. The summed E-state index contributed by atoms with van der Waals surface area (Å²) in [4.78, 5) is 34.5. The van der Waals surface area contributed by atoms with Crippen LogP contribution in [-0.4, -0.2) is 51.7 Å². The highest BCUT2D eigenvalue weighted by Gasteiger charge is 2.36. The zero-order chi connectivity index (χ0) is 28.4. The van der Waals surface area contributed by atoms with Crippen LogP contribution >= 0.6 is 23.4 Å². The molecule has 40 heavy (non-hydrogen) atoms. The van der Waals surface area contributed by atoms with E-state index >= 15 is 0 Å². The summed E-state index contributed by atoms with van der Waals surface area (Å²) in [6, 6.07) is 13.9. The Kier molecular flexibility index (Phi) is 7.86. The molecule has 4 N–H and O–H groups in total. The second kappa shape index (κ2) is 11.3. The molecule has 0 radical (unpaired) electrons. The molecule has 10 nitrogen and oxygen atoms in total. The van der Waals surface area contributed by atoms with Crippen LogP contribution in [-0.2, 0) is 9.59 Å². The van der Waals surface area contributed by atoms with Gasteiger partial charge in [0.15, 0.2) is 10.8 Å². The molecule has 0 saturated carbocycles. The number of aliphatic hydroxyl groups is 1. The first-order chi connectivity index (χ1) is 19.2. The predicted octanol–water partition coefficient (Wildman–Crippen LogP) is 5.07. The van der Waals surface area contributed by atoms with Gasteiger partial charge in [-0.15, -0.1) is 10.2 Å². The Balaban J connectivity index is 1.28. The third-order valence-electron chi connectivity index (χ3n) is 7.55. The van der Waals surface area contributed by atoms with Crippen molar-refractivity contribution in [1.82, 2.24) is 15.2 Å². The number of carbonyl (C=O) groups is 2. The smallest absolute Gasteiger partial charge is 0.267 e. The van der Waals surface area contributed by atoms with Gasteiger partial charge in [0.2, 0.25) is 5.95 Å². The van der Waals surface area contributed by atoms with Crippen LogP contribution in [0, 0.1) is 5.41 Å². The molecular formula is C28H30ClN7O3S. The number of para-hydroxylation sites is 1. The number of anilines is 4. The number of hydrogen-bond donors (Lipinski definition) is 3. The fourth-order valence-corrected chi connectivity index (χ4v) is 5.78. The Morgan fingerprint density at radius 1 is 1.15 bits per heavy atom. The molecule has 12 heteroatoms. The van der Waals surface area contributed by atoms with E-state index in [1.54, 1.807) is 42.5 Å². The van der Waals surface area contributed by atoms with E-state index in [4.69, 9.17) is 17.3 Å². The SMILES string of the molecule is CCC1(C)CCN(c2nnc(Sc3cccc(NC(=O)C4=C(O)CN(c5ccccc5)C4=O)c3Cl)c(N)n2)CC1. The van der Waals surface area contributed by atoms with Crippen molar-refractivity contribution in [3.8, 4) is 0 Å². The van der Waals surface area contributed by atoms with E-state index in [2.05, 4.69) is 39.2 Å². The maximum absolute atomic E-state index is 13.0. The second-order valence-corrected chi connectivity index (χ2v) is 11.6. The van der Waals surface area contributed by atoms with Crippen molar-refractivity contribution in [1.29, 1.82) is 0 Å². The van der Waals surface area contributed by atoms with Gasteiger partial charge in [0.1, 0.15) is 11.3 Å². The number of nitrogens with one attached hydrogen (secondary N) is 1. The first-order valence-corrected chi connectivity index (χ1v) is 14.2. The number of benzene rings is 2. The van der Waals surface area contributed by atoms with E-state index in [0.29, 0.717) is 27.0 Å². The zero-order valence-electron chi connectivity index (χ0n) is 22.2. The van der Waals surface area contributed by atoms with Crippen LogP contribution in [0.3, 0.4) is 0 Å². The average molecular weight is 580 g/mol. The minimum atomic E-state index is -0.754. The van der Waals surface area contributed by atoms with E-state index in [0.717, 1.165) is 32.4 Å². The first-order valence-electron chi connectivity index (χ1n) is 13.0. The lowest BCUT2D eigenvalue weighted by Crippen LogP contribution is -2.39. The summed E-state index contributed by atoms with van der Waals surface area (Å²) in [6.45, 7) is 6.14. The number of aromatic nitrogens is 3. The number of aliphatic hydroxyl groups excluding tert-OH is 1. The molecule has 5 rings (SSSR count). The standard InChI is InChI=1S/C28H30ClN7O3S/c1-3-28(2)12-14-35(15-13-28)27-32-23(30)25(33-34-27)40-20-11-7-10-18(22(20)29)31-24(38)21-19(37)16-36(26(21)39)17-8-5-4-6-9-17/h4-11,37H,3,12-16H2,1-2H3,(H,31,38)(H2,30,32,34). The molecule has 1 saturated heterocycles. The zero-order valence-corrected chi connectivity index (χ0v) is 23.8. The van der Waals surface area contributed by atoms with Gasteiger partial charge in [0.05, 0.1) is 17.3 Å². The Labute approximate surface area is 241 Å². The summed E-state index contributed by atoms with van der Waals surface area (Å²) in [5.74, 6) is -0.917. The Morgan fingerprint density at radius 2 is 1.88 bits per heavy atom. The van der Waals surface area contributed by atoms with Gasteiger partial charge in [-0.05, 0) is 42.5 Å². The molecule has 2 aromatic carbocycles. The van der Waals surface area contributed by atoms with E-state index in [-0.39, 0.29) is 34.4 Å². The van der Waals surface area contributed by atoms with Crippen LogP contribution in [0.15, 0.2) is 69.8 Å². The van der Waals surface area contributed by atoms with Crippen molar-refractivity contribution in [2.24, 2.45) is 5.41 Å². The first kappa shape index (κ1) is 27.7. The molecule has 3 aromatic rings. The number of nitrogen functional groups attached to an aromatic ring is 1. The summed E-state index contributed by atoms with van der Waals surface area (Å²) >= 11 is 7.80. The van der Waals surface area contributed by atoms with E-state index in [9.17, 15) is 14.7 Å². The number of halogens is 1. The summed E-state index contributed by atoms with van der Waals surface area (Å²) in [5, 5.41) is 22.3. The van der Waals surface area contributed by atoms with Crippen molar-refractivity contribution in [3.63, 3.8) is 0 Å². The number of piperidine rings is 1. The maximum atomic E-state index is 13.0. The number of nitrogens with zero attached hydrogens (tertiary/aromatic N) is 5. The van der Waals surface area contributed by atoms with Gasteiger partial charge in [-0.3, -0.25) is 9.59 Å². The molecule has 1 fully saturated rings. The van der Waals surface area contributed by atoms with Crippen LogP contribution in [0.1, 0.15) is 33.1 Å². The lowest BCUT2D eigenvalue weighted by Gasteiger charge is -2.38. The lowest BCUT2D eigenvalue weighted by molar-refractivity contribution is -0.119. The van der Waals surface area contributed by atoms with E-state index in [1.807, 2.05) is 6.07 Å². The van der Waals surface area contributed by atoms with Gasteiger partial charge in [0, 0.05) is 23.7 Å². The second-order valence-electron chi connectivity index (χ2n) is 10.2.